The summed E-state index contributed by atoms with van der Waals surface area (Å²) in [6.45, 7) is 0. The van der Waals surface area contributed by atoms with Crippen molar-refractivity contribution in [3.63, 3.8) is 0 Å². The minimum atomic E-state index is -1.15. The van der Waals surface area contributed by atoms with Crippen molar-refractivity contribution in [1.82, 2.24) is 4.98 Å². The third kappa shape index (κ3) is 3.10. The molecule has 138 valence electrons. The predicted octanol–water partition coefficient (Wildman–Crippen LogP) is 3.89. The number of rotatable bonds is 4. The molecule has 2 atom stereocenters. The van der Waals surface area contributed by atoms with Crippen LogP contribution in [-0.4, -0.2) is 22.5 Å². The number of anilines is 1. The summed E-state index contributed by atoms with van der Waals surface area (Å²) in [5.74, 6) is -2.71. The van der Waals surface area contributed by atoms with Crippen molar-refractivity contribution in [3.8, 4) is 0 Å². The minimum absolute atomic E-state index is 0.333. The number of benzene rings is 2. The second-order valence-corrected chi connectivity index (χ2v) is 6.87. The van der Waals surface area contributed by atoms with Crippen LogP contribution >= 0.6 is 11.6 Å². The number of hydrogen-bond acceptors (Lipinski definition) is 4. The maximum Gasteiger partial charge on any atom is 0.297 e. The number of Topliss-reactive ketones (excluding diaryl/α,β-unsaturated/α-hetero) is 2. The van der Waals surface area contributed by atoms with E-state index in [4.69, 9.17) is 11.6 Å². The van der Waals surface area contributed by atoms with Crippen molar-refractivity contribution in [3.05, 3.63) is 95.1 Å². The summed E-state index contributed by atoms with van der Waals surface area (Å²) < 4.78 is 0. The lowest BCUT2D eigenvalue weighted by atomic mass is 9.86. The van der Waals surface area contributed by atoms with Crippen molar-refractivity contribution in [2.45, 2.75) is 6.04 Å². The first-order valence-electron chi connectivity index (χ1n) is 8.71. The number of carbonyl (C=O) groups excluding carboxylic acids is 3. The summed E-state index contributed by atoms with van der Waals surface area (Å²) in [6, 6.07) is 19.7. The van der Waals surface area contributed by atoms with E-state index in [1.54, 1.807) is 60.8 Å². The van der Waals surface area contributed by atoms with Crippen LogP contribution in [0.2, 0.25) is 5.02 Å². The fourth-order valence-corrected chi connectivity index (χ4v) is 3.59. The summed E-state index contributed by atoms with van der Waals surface area (Å²) >= 11 is 5.91. The monoisotopic (exact) mass is 390 g/mol. The van der Waals surface area contributed by atoms with E-state index in [1.807, 2.05) is 18.2 Å². The van der Waals surface area contributed by atoms with Gasteiger partial charge in [-0.15, -0.1) is 0 Å². The summed E-state index contributed by atoms with van der Waals surface area (Å²) in [5.41, 5.74) is 1.03. The fraction of sp³-hybridized carbons (Fsp3) is 0.0909. The molecular weight excluding hydrogens is 376 g/mol. The Bertz CT molecular complexity index is 1040. The number of carbonyl (C=O) groups is 3. The van der Waals surface area contributed by atoms with E-state index in [-0.39, 0.29) is 0 Å². The molecule has 1 fully saturated rings. The van der Waals surface area contributed by atoms with E-state index in [0.29, 0.717) is 22.0 Å². The topological polar surface area (TPSA) is 67.3 Å². The van der Waals surface area contributed by atoms with Crippen LogP contribution in [-0.2, 0) is 9.59 Å². The molecular formula is C22H15ClN2O3. The minimum Gasteiger partial charge on any atom is -0.293 e. The average molecular weight is 391 g/mol. The predicted molar refractivity (Wildman–Crippen MR) is 105 cm³/mol. The first-order chi connectivity index (χ1) is 13.6. The Labute approximate surface area is 166 Å². The van der Waals surface area contributed by atoms with Gasteiger partial charge in [-0.3, -0.25) is 19.3 Å². The van der Waals surface area contributed by atoms with E-state index < -0.39 is 29.4 Å². The van der Waals surface area contributed by atoms with Gasteiger partial charge in [0.25, 0.3) is 5.91 Å². The van der Waals surface area contributed by atoms with Gasteiger partial charge in [0.15, 0.2) is 5.78 Å². The Kier molecular flexibility index (Phi) is 4.75. The number of aromatic nitrogens is 1. The van der Waals surface area contributed by atoms with Crippen LogP contribution < -0.4 is 4.90 Å². The quantitative estimate of drug-likeness (QED) is 0.385. The third-order valence-corrected chi connectivity index (χ3v) is 5.01. The average Bonchev–Trinajstić information content (AvgIpc) is 3.00. The summed E-state index contributed by atoms with van der Waals surface area (Å²) in [7, 11) is 0. The Morgan fingerprint density at radius 3 is 2.21 bits per heavy atom. The Balaban J connectivity index is 1.84. The van der Waals surface area contributed by atoms with Crippen LogP contribution in [0.5, 0.6) is 0 Å². The molecule has 1 amide bonds. The maximum atomic E-state index is 13.2. The lowest BCUT2D eigenvalue weighted by Crippen LogP contribution is -2.31. The molecule has 1 aliphatic heterocycles. The van der Waals surface area contributed by atoms with Crippen LogP contribution in [0, 0.1) is 5.92 Å². The van der Waals surface area contributed by atoms with Gasteiger partial charge in [0.05, 0.1) is 6.04 Å². The van der Waals surface area contributed by atoms with Crippen molar-refractivity contribution < 1.29 is 14.4 Å². The summed E-state index contributed by atoms with van der Waals surface area (Å²) in [4.78, 5) is 44.5. The van der Waals surface area contributed by atoms with E-state index in [1.165, 1.54) is 4.90 Å². The number of halogens is 1. The molecule has 3 aromatic rings. The highest BCUT2D eigenvalue weighted by Crippen LogP contribution is 2.40. The molecule has 0 aliphatic carbocycles. The maximum absolute atomic E-state index is 13.2. The lowest BCUT2D eigenvalue weighted by molar-refractivity contribution is -0.135. The molecule has 1 saturated heterocycles. The van der Waals surface area contributed by atoms with Gasteiger partial charge in [0.1, 0.15) is 11.7 Å². The van der Waals surface area contributed by atoms with Crippen molar-refractivity contribution in [2.75, 3.05) is 4.90 Å². The highest BCUT2D eigenvalue weighted by Gasteiger charge is 2.52. The van der Waals surface area contributed by atoms with Gasteiger partial charge in [-0.1, -0.05) is 48.0 Å². The standard InChI is InChI=1S/C22H15ClN2O3/c23-16-11-9-15(10-12-16)20(26)18-19(14-6-2-1-3-7-14)25(22(28)21(18)27)17-8-4-5-13-24-17/h1-13,18-19H. The van der Waals surface area contributed by atoms with Crippen molar-refractivity contribution in [1.29, 1.82) is 0 Å². The molecule has 4 rings (SSSR count). The fourth-order valence-electron chi connectivity index (χ4n) is 3.46. The van der Waals surface area contributed by atoms with Gasteiger partial charge in [0.2, 0.25) is 5.78 Å². The number of amides is 1. The normalized spacial score (nSPS) is 19.1. The number of hydrogen-bond donors (Lipinski definition) is 0. The molecule has 0 radical (unpaired) electrons. The Hall–Kier alpha value is -3.31. The largest absolute Gasteiger partial charge is 0.297 e. The smallest absolute Gasteiger partial charge is 0.293 e. The zero-order chi connectivity index (χ0) is 19.7. The highest BCUT2D eigenvalue weighted by atomic mass is 35.5. The molecule has 1 aliphatic rings. The molecule has 28 heavy (non-hydrogen) atoms. The molecule has 2 aromatic carbocycles. The van der Waals surface area contributed by atoms with Crippen LogP contribution in [0.25, 0.3) is 0 Å². The van der Waals surface area contributed by atoms with Gasteiger partial charge < -0.3 is 0 Å². The van der Waals surface area contributed by atoms with Crippen LogP contribution in [0.4, 0.5) is 5.82 Å². The number of ketones is 2. The second-order valence-electron chi connectivity index (χ2n) is 6.43. The van der Waals surface area contributed by atoms with Crippen LogP contribution in [0.3, 0.4) is 0 Å². The summed E-state index contributed by atoms with van der Waals surface area (Å²) in [5, 5.41) is 0.486. The van der Waals surface area contributed by atoms with Crippen LogP contribution in [0.15, 0.2) is 79.0 Å². The van der Waals surface area contributed by atoms with Gasteiger partial charge in [-0.2, -0.15) is 0 Å². The molecule has 0 N–H and O–H groups in total. The van der Waals surface area contributed by atoms with Crippen molar-refractivity contribution in [2.24, 2.45) is 5.92 Å². The van der Waals surface area contributed by atoms with Gasteiger partial charge in [-0.25, -0.2) is 4.98 Å². The van der Waals surface area contributed by atoms with E-state index in [0.717, 1.165) is 0 Å². The van der Waals surface area contributed by atoms with E-state index in [2.05, 4.69) is 4.98 Å². The zero-order valence-corrected chi connectivity index (χ0v) is 15.4. The van der Waals surface area contributed by atoms with Gasteiger partial charge in [-0.05, 0) is 42.0 Å². The number of nitrogens with zero attached hydrogens (tertiary/aromatic N) is 2. The zero-order valence-electron chi connectivity index (χ0n) is 14.7. The Morgan fingerprint density at radius 1 is 0.893 bits per heavy atom. The molecule has 6 heteroatoms. The second kappa shape index (κ2) is 7.37. The molecule has 2 heterocycles. The molecule has 0 bridgehead atoms. The summed E-state index contributed by atoms with van der Waals surface area (Å²) in [6.07, 6.45) is 1.55. The van der Waals surface area contributed by atoms with E-state index >= 15 is 0 Å². The van der Waals surface area contributed by atoms with E-state index in [9.17, 15) is 14.4 Å². The van der Waals surface area contributed by atoms with Crippen molar-refractivity contribution >= 4 is 34.9 Å². The van der Waals surface area contributed by atoms with Gasteiger partial charge in [0, 0.05) is 16.8 Å². The number of pyridine rings is 1. The third-order valence-electron chi connectivity index (χ3n) is 4.75. The molecule has 0 spiro atoms. The highest BCUT2D eigenvalue weighted by molar-refractivity contribution is 6.48. The lowest BCUT2D eigenvalue weighted by Gasteiger charge is -2.26. The first kappa shape index (κ1) is 18.1. The molecule has 0 saturated carbocycles. The molecule has 1 aromatic heterocycles. The van der Waals surface area contributed by atoms with Gasteiger partial charge >= 0.3 is 0 Å². The van der Waals surface area contributed by atoms with Crippen LogP contribution in [0.1, 0.15) is 22.0 Å². The Morgan fingerprint density at radius 2 is 1.57 bits per heavy atom. The first-order valence-corrected chi connectivity index (χ1v) is 9.09. The molecule has 2 unspecified atom stereocenters. The SMILES string of the molecule is O=C1C(=O)N(c2ccccn2)C(c2ccccc2)C1C(=O)c1ccc(Cl)cc1. The molecule has 5 nitrogen and oxygen atoms in total.